The molecule has 1 rings (SSSR count). The molecule has 4 heteroatoms. The Morgan fingerprint density at radius 2 is 2.50 bits per heavy atom. The predicted molar refractivity (Wildman–Crippen MR) is 42.5 cm³/mol. The van der Waals surface area contributed by atoms with Crippen LogP contribution in [0.25, 0.3) is 0 Å². The molecule has 0 saturated heterocycles. The number of rotatable bonds is 2. The minimum atomic E-state index is 0.506. The first-order valence-corrected chi connectivity index (χ1v) is 3.82. The molecule has 53 valence electrons. The van der Waals surface area contributed by atoms with Gasteiger partial charge in [0.05, 0.1) is 0 Å². The molecule has 0 fully saturated rings. The van der Waals surface area contributed by atoms with Crippen LogP contribution < -0.4 is 5.73 Å². The van der Waals surface area contributed by atoms with Crippen molar-refractivity contribution >= 4 is 17.6 Å². The van der Waals surface area contributed by atoms with Crippen molar-refractivity contribution in [2.45, 2.75) is 5.16 Å². The van der Waals surface area contributed by atoms with Crippen molar-refractivity contribution in [3.63, 3.8) is 0 Å². The maximum absolute atomic E-state index is 5.40. The normalized spacial score (nSPS) is 9.70. The highest BCUT2D eigenvalue weighted by Crippen LogP contribution is 2.11. The quantitative estimate of drug-likeness (QED) is 0.509. The number of anilines is 1. The summed E-state index contributed by atoms with van der Waals surface area (Å²) in [5.74, 6) is 1.23. The number of nitrogens with two attached hydrogens (primary N) is 1. The molecular formula is C6H8N3S. The molecule has 0 bridgehead atoms. The first-order chi connectivity index (χ1) is 4.83. The molecule has 0 aliphatic carbocycles. The summed E-state index contributed by atoms with van der Waals surface area (Å²) in [7, 11) is 0. The fourth-order valence-electron chi connectivity index (χ4n) is 0.515. The van der Waals surface area contributed by atoms with E-state index in [-0.39, 0.29) is 0 Å². The summed E-state index contributed by atoms with van der Waals surface area (Å²) in [5.41, 5.74) is 5.40. The van der Waals surface area contributed by atoms with Gasteiger partial charge in [-0.3, -0.25) is 0 Å². The van der Waals surface area contributed by atoms with Gasteiger partial charge in [0.25, 0.3) is 0 Å². The van der Waals surface area contributed by atoms with Crippen LogP contribution in [0.3, 0.4) is 0 Å². The van der Waals surface area contributed by atoms with E-state index in [1.54, 1.807) is 12.3 Å². The summed E-state index contributed by atoms with van der Waals surface area (Å²) >= 11 is 1.48. The van der Waals surface area contributed by atoms with Gasteiger partial charge in [0, 0.05) is 11.9 Å². The molecule has 1 aromatic heterocycles. The van der Waals surface area contributed by atoms with Gasteiger partial charge in [-0.1, -0.05) is 11.8 Å². The number of thioether (sulfide) groups is 1. The first kappa shape index (κ1) is 7.34. The van der Waals surface area contributed by atoms with Crippen LogP contribution in [0.1, 0.15) is 0 Å². The molecule has 3 nitrogen and oxygen atoms in total. The molecule has 2 N–H and O–H groups in total. The summed E-state index contributed by atoms with van der Waals surface area (Å²) in [6.45, 7) is 3.65. The van der Waals surface area contributed by atoms with E-state index in [0.717, 1.165) is 5.75 Å². The Morgan fingerprint density at radius 3 is 3.10 bits per heavy atom. The van der Waals surface area contributed by atoms with Crippen molar-refractivity contribution < 1.29 is 0 Å². The zero-order chi connectivity index (χ0) is 7.40. The average molecular weight is 154 g/mol. The lowest BCUT2D eigenvalue weighted by atomic mass is 10.6. The van der Waals surface area contributed by atoms with Crippen LogP contribution in [-0.4, -0.2) is 15.7 Å². The van der Waals surface area contributed by atoms with E-state index < -0.39 is 0 Å². The van der Waals surface area contributed by atoms with E-state index in [2.05, 4.69) is 16.9 Å². The second-order valence-corrected chi connectivity index (χ2v) is 2.67. The fraction of sp³-hybridized carbons (Fsp3) is 0.167. The zero-order valence-electron chi connectivity index (χ0n) is 5.45. The van der Waals surface area contributed by atoms with Gasteiger partial charge >= 0.3 is 0 Å². The monoisotopic (exact) mass is 154 g/mol. The highest BCUT2D eigenvalue weighted by molar-refractivity contribution is 7.99. The van der Waals surface area contributed by atoms with E-state index in [4.69, 9.17) is 5.73 Å². The van der Waals surface area contributed by atoms with E-state index in [9.17, 15) is 0 Å². The van der Waals surface area contributed by atoms with Crippen LogP contribution in [0, 0.1) is 6.92 Å². The third-order valence-electron chi connectivity index (χ3n) is 0.886. The summed E-state index contributed by atoms with van der Waals surface area (Å²) in [6, 6.07) is 1.66. The van der Waals surface area contributed by atoms with Crippen molar-refractivity contribution in [3.05, 3.63) is 19.2 Å². The van der Waals surface area contributed by atoms with Gasteiger partial charge < -0.3 is 5.73 Å². The lowest BCUT2D eigenvalue weighted by Crippen LogP contribution is -1.92. The Labute approximate surface area is 64.1 Å². The molecule has 0 saturated carbocycles. The van der Waals surface area contributed by atoms with Gasteiger partial charge in [0.1, 0.15) is 5.82 Å². The molecule has 0 amide bonds. The second kappa shape index (κ2) is 3.41. The molecule has 1 radical (unpaired) electrons. The Morgan fingerprint density at radius 1 is 1.70 bits per heavy atom. The fourth-order valence-corrected chi connectivity index (χ4v) is 1.00. The minimum Gasteiger partial charge on any atom is -0.384 e. The average Bonchev–Trinajstić information content (AvgIpc) is 1.88. The topological polar surface area (TPSA) is 51.8 Å². The Hall–Kier alpha value is -0.770. The first-order valence-electron chi connectivity index (χ1n) is 2.83. The third kappa shape index (κ3) is 1.88. The van der Waals surface area contributed by atoms with E-state index >= 15 is 0 Å². The molecule has 1 heterocycles. The summed E-state index contributed by atoms with van der Waals surface area (Å²) < 4.78 is 0. The number of hydrogen-bond donors (Lipinski definition) is 1. The number of nitrogen functional groups attached to an aromatic ring is 1. The predicted octanol–water partition coefficient (Wildman–Crippen LogP) is 0.985. The second-order valence-electron chi connectivity index (χ2n) is 1.61. The van der Waals surface area contributed by atoms with Gasteiger partial charge in [0.15, 0.2) is 5.16 Å². The van der Waals surface area contributed by atoms with E-state index in [1.807, 2.05) is 0 Å². The zero-order valence-corrected chi connectivity index (χ0v) is 6.27. The van der Waals surface area contributed by atoms with Crippen LogP contribution in [-0.2, 0) is 0 Å². The number of hydrogen-bond acceptors (Lipinski definition) is 4. The minimum absolute atomic E-state index is 0.506. The molecule has 0 aliphatic rings. The summed E-state index contributed by atoms with van der Waals surface area (Å²) in [4.78, 5) is 7.91. The van der Waals surface area contributed by atoms with Crippen molar-refractivity contribution in [1.82, 2.24) is 9.97 Å². The highest BCUT2D eigenvalue weighted by Gasteiger charge is 1.93. The molecule has 10 heavy (non-hydrogen) atoms. The molecule has 0 aromatic carbocycles. The summed E-state index contributed by atoms with van der Waals surface area (Å²) in [6.07, 6.45) is 1.64. The van der Waals surface area contributed by atoms with Crippen LogP contribution in [0.2, 0.25) is 0 Å². The molecular weight excluding hydrogens is 146 g/mol. The van der Waals surface area contributed by atoms with Crippen LogP contribution in [0.15, 0.2) is 17.4 Å². The van der Waals surface area contributed by atoms with Gasteiger partial charge in [-0.15, -0.1) is 0 Å². The largest absolute Gasteiger partial charge is 0.384 e. The maximum Gasteiger partial charge on any atom is 0.189 e. The molecule has 0 spiro atoms. The number of nitrogens with zero attached hydrogens (tertiary/aromatic N) is 2. The molecule has 1 aromatic rings. The SMILES string of the molecule is [CH2]CSc1nccc(N)n1. The van der Waals surface area contributed by atoms with E-state index in [1.165, 1.54) is 11.8 Å². The molecule has 0 aliphatic heterocycles. The molecule has 0 unspecified atom stereocenters. The van der Waals surface area contributed by atoms with Gasteiger partial charge in [0.2, 0.25) is 0 Å². The number of aromatic nitrogens is 2. The van der Waals surface area contributed by atoms with Gasteiger partial charge in [-0.25, -0.2) is 9.97 Å². The Kier molecular flexibility index (Phi) is 2.50. The Balaban J connectivity index is 2.75. The van der Waals surface area contributed by atoms with Crippen LogP contribution >= 0.6 is 11.8 Å². The highest BCUT2D eigenvalue weighted by atomic mass is 32.2. The summed E-state index contributed by atoms with van der Waals surface area (Å²) in [5, 5.41) is 0.690. The maximum atomic E-state index is 5.40. The Bertz CT molecular complexity index is 214. The van der Waals surface area contributed by atoms with Crippen LogP contribution in [0.4, 0.5) is 5.82 Å². The standard InChI is InChI=1S/C6H8N3S/c1-2-10-6-8-4-3-5(7)9-6/h3-4H,1-2H2,(H2,7,8,9). The lowest BCUT2D eigenvalue weighted by molar-refractivity contribution is 0.978. The van der Waals surface area contributed by atoms with Crippen molar-refractivity contribution in [2.24, 2.45) is 0 Å². The van der Waals surface area contributed by atoms with Crippen molar-refractivity contribution in [3.8, 4) is 0 Å². The van der Waals surface area contributed by atoms with Crippen molar-refractivity contribution in [2.75, 3.05) is 11.5 Å². The smallest absolute Gasteiger partial charge is 0.189 e. The van der Waals surface area contributed by atoms with Crippen molar-refractivity contribution in [1.29, 1.82) is 0 Å². The van der Waals surface area contributed by atoms with Gasteiger partial charge in [-0.2, -0.15) is 0 Å². The van der Waals surface area contributed by atoms with Crippen LogP contribution in [0.5, 0.6) is 0 Å². The lowest BCUT2D eigenvalue weighted by Gasteiger charge is -1.95. The van der Waals surface area contributed by atoms with Gasteiger partial charge in [-0.05, 0) is 13.0 Å². The van der Waals surface area contributed by atoms with E-state index in [0.29, 0.717) is 11.0 Å². The third-order valence-corrected chi connectivity index (χ3v) is 1.55. The molecule has 0 atom stereocenters.